The first-order valence-electron chi connectivity index (χ1n) is 7.33. The predicted octanol–water partition coefficient (Wildman–Crippen LogP) is 4.12. The molecule has 22 heavy (non-hydrogen) atoms. The minimum Gasteiger partial charge on any atom is -0.497 e. The Balaban J connectivity index is 2.27. The number of hydrogen-bond acceptors (Lipinski definition) is 3. The van der Waals surface area contributed by atoms with Crippen molar-refractivity contribution < 1.29 is 9.47 Å². The second-order valence-corrected chi connectivity index (χ2v) is 5.18. The molecule has 0 heterocycles. The average molecular weight is 297 g/mol. The number of hydrogen-bond donors (Lipinski definition) is 1. The molecule has 2 rings (SSSR count). The summed E-state index contributed by atoms with van der Waals surface area (Å²) in [5.74, 6) is 0.846. The Morgan fingerprint density at radius 3 is 2.45 bits per heavy atom. The van der Waals surface area contributed by atoms with Crippen molar-refractivity contribution >= 4 is 11.3 Å². The highest BCUT2D eigenvalue weighted by atomic mass is 16.5. The Bertz CT molecular complexity index is 632. The molecule has 0 aliphatic heterocycles. The lowest BCUT2D eigenvalue weighted by Crippen LogP contribution is -2.09. The van der Waals surface area contributed by atoms with Crippen LogP contribution in [0.3, 0.4) is 0 Å². The van der Waals surface area contributed by atoms with Gasteiger partial charge >= 0.3 is 0 Å². The van der Waals surface area contributed by atoms with Crippen molar-refractivity contribution in [2.24, 2.45) is 0 Å². The van der Waals surface area contributed by atoms with Crippen LogP contribution in [0, 0.1) is 6.92 Å². The number of methoxy groups -OCH3 is 2. The fraction of sp³-hybridized carbons (Fsp3) is 0.263. The van der Waals surface area contributed by atoms with Gasteiger partial charge in [0.25, 0.3) is 0 Å². The average Bonchev–Trinajstić information content (AvgIpc) is 2.55. The van der Waals surface area contributed by atoms with Gasteiger partial charge in [0.05, 0.1) is 13.7 Å². The molecule has 0 saturated carbocycles. The van der Waals surface area contributed by atoms with Crippen LogP contribution in [0.5, 0.6) is 5.75 Å². The van der Waals surface area contributed by atoms with Crippen LogP contribution in [0.15, 0.2) is 49.0 Å². The van der Waals surface area contributed by atoms with Gasteiger partial charge in [0.2, 0.25) is 0 Å². The maximum atomic E-state index is 5.20. The van der Waals surface area contributed by atoms with E-state index in [4.69, 9.17) is 9.47 Å². The lowest BCUT2D eigenvalue weighted by Gasteiger charge is -2.15. The van der Waals surface area contributed by atoms with E-state index in [1.165, 1.54) is 5.56 Å². The molecule has 0 bridgehead atoms. The van der Waals surface area contributed by atoms with Gasteiger partial charge in [0, 0.05) is 24.9 Å². The smallest absolute Gasteiger partial charge is 0.118 e. The molecule has 0 aliphatic rings. The first-order valence-corrected chi connectivity index (χ1v) is 7.33. The van der Waals surface area contributed by atoms with Crippen molar-refractivity contribution in [3.8, 4) is 5.75 Å². The summed E-state index contributed by atoms with van der Waals surface area (Å²) < 4.78 is 10.3. The first-order chi connectivity index (χ1) is 10.7. The highest BCUT2D eigenvalue weighted by molar-refractivity contribution is 5.85. The third-order valence-corrected chi connectivity index (χ3v) is 3.56. The van der Waals surface area contributed by atoms with E-state index >= 15 is 0 Å². The van der Waals surface area contributed by atoms with Crippen LogP contribution in [0.2, 0.25) is 0 Å². The normalized spacial score (nSPS) is 10.3. The molecule has 0 aliphatic carbocycles. The lowest BCUT2D eigenvalue weighted by atomic mass is 9.97. The van der Waals surface area contributed by atoms with E-state index in [2.05, 4.69) is 37.0 Å². The standard InChI is InChI=1S/C19H23NO2/c1-14-5-10-18(19(13-14)20-11-12-21-3)15(2)16-6-8-17(22-4)9-7-16/h5-10,13,20H,2,11-12H2,1,3-4H3. The van der Waals surface area contributed by atoms with Gasteiger partial charge in [-0.2, -0.15) is 0 Å². The molecule has 0 spiro atoms. The van der Waals surface area contributed by atoms with Gasteiger partial charge in [0.15, 0.2) is 0 Å². The van der Waals surface area contributed by atoms with Crippen molar-refractivity contribution in [2.75, 3.05) is 32.7 Å². The third kappa shape index (κ3) is 3.89. The first kappa shape index (κ1) is 16.1. The molecular formula is C19H23NO2. The summed E-state index contributed by atoms with van der Waals surface area (Å²) in [5.41, 5.74) is 5.47. The van der Waals surface area contributed by atoms with Crippen molar-refractivity contribution in [3.63, 3.8) is 0 Å². The summed E-state index contributed by atoms with van der Waals surface area (Å²) >= 11 is 0. The van der Waals surface area contributed by atoms with Crippen LogP contribution in [-0.4, -0.2) is 27.4 Å². The molecule has 3 heteroatoms. The second-order valence-electron chi connectivity index (χ2n) is 5.18. The van der Waals surface area contributed by atoms with Gasteiger partial charge in [-0.15, -0.1) is 0 Å². The molecule has 0 radical (unpaired) electrons. The Kier molecular flexibility index (Phi) is 5.61. The van der Waals surface area contributed by atoms with Gasteiger partial charge in [-0.3, -0.25) is 0 Å². The van der Waals surface area contributed by atoms with Crippen molar-refractivity contribution in [1.82, 2.24) is 0 Å². The highest BCUT2D eigenvalue weighted by Crippen LogP contribution is 2.30. The molecular weight excluding hydrogens is 274 g/mol. The largest absolute Gasteiger partial charge is 0.497 e. The molecule has 0 atom stereocenters. The van der Waals surface area contributed by atoms with E-state index in [0.29, 0.717) is 6.61 Å². The minimum absolute atomic E-state index is 0.669. The van der Waals surface area contributed by atoms with Crippen LogP contribution >= 0.6 is 0 Å². The van der Waals surface area contributed by atoms with Crippen molar-refractivity contribution in [2.45, 2.75) is 6.92 Å². The van der Waals surface area contributed by atoms with Gasteiger partial charge in [0.1, 0.15) is 5.75 Å². The van der Waals surface area contributed by atoms with E-state index in [1.807, 2.05) is 24.3 Å². The van der Waals surface area contributed by atoms with Gasteiger partial charge in [-0.05, 0) is 41.8 Å². The van der Waals surface area contributed by atoms with Crippen LogP contribution in [0.25, 0.3) is 5.57 Å². The summed E-state index contributed by atoms with van der Waals surface area (Å²) in [7, 11) is 3.37. The van der Waals surface area contributed by atoms with E-state index in [-0.39, 0.29) is 0 Å². The Hall–Kier alpha value is -2.26. The van der Waals surface area contributed by atoms with Crippen LogP contribution in [0.1, 0.15) is 16.7 Å². The quantitative estimate of drug-likeness (QED) is 0.780. The van der Waals surface area contributed by atoms with Crippen molar-refractivity contribution in [1.29, 1.82) is 0 Å². The fourth-order valence-electron chi connectivity index (χ4n) is 2.30. The fourth-order valence-corrected chi connectivity index (χ4v) is 2.30. The molecule has 1 N–H and O–H groups in total. The molecule has 3 nitrogen and oxygen atoms in total. The maximum Gasteiger partial charge on any atom is 0.118 e. The summed E-state index contributed by atoms with van der Waals surface area (Å²) in [5, 5.41) is 3.42. The Labute approximate surface area is 132 Å². The van der Waals surface area contributed by atoms with Gasteiger partial charge < -0.3 is 14.8 Å². The zero-order valence-corrected chi connectivity index (χ0v) is 13.5. The van der Waals surface area contributed by atoms with Gasteiger partial charge in [-0.1, -0.05) is 30.8 Å². The summed E-state index contributed by atoms with van der Waals surface area (Å²) in [6.07, 6.45) is 0. The molecule has 0 saturated heterocycles. The minimum atomic E-state index is 0.669. The number of nitrogens with one attached hydrogen (secondary N) is 1. The van der Waals surface area contributed by atoms with Crippen LogP contribution < -0.4 is 10.1 Å². The number of aryl methyl sites for hydroxylation is 1. The number of ether oxygens (including phenoxy) is 2. The Morgan fingerprint density at radius 2 is 1.82 bits per heavy atom. The molecule has 2 aromatic carbocycles. The Morgan fingerprint density at radius 1 is 1.09 bits per heavy atom. The zero-order chi connectivity index (χ0) is 15.9. The van der Waals surface area contributed by atoms with E-state index in [0.717, 1.165) is 34.7 Å². The molecule has 0 aromatic heterocycles. The highest BCUT2D eigenvalue weighted by Gasteiger charge is 2.08. The topological polar surface area (TPSA) is 30.5 Å². The second kappa shape index (κ2) is 7.66. The van der Waals surface area contributed by atoms with Crippen molar-refractivity contribution in [3.05, 3.63) is 65.7 Å². The number of rotatable bonds is 7. The summed E-state index contributed by atoms with van der Waals surface area (Å²) in [6.45, 7) is 7.78. The summed E-state index contributed by atoms with van der Waals surface area (Å²) in [6, 6.07) is 14.3. The van der Waals surface area contributed by atoms with E-state index in [9.17, 15) is 0 Å². The molecule has 2 aromatic rings. The van der Waals surface area contributed by atoms with E-state index < -0.39 is 0 Å². The summed E-state index contributed by atoms with van der Waals surface area (Å²) in [4.78, 5) is 0. The predicted molar refractivity (Wildman–Crippen MR) is 92.7 cm³/mol. The third-order valence-electron chi connectivity index (χ3n) is 3.56. The molecule has 116 valence electrons. The monoisotopic (exact) mass is 297 g/mol. The number of anilines is 1. The SMILES string of the molecule is C=C(c1ccc(OC)cc1)c1ccc(C)cc1NCCOC. The maximum absolute atomic E-state index is 5.20. The molecule has 0 amide bonds. The molecule has 0 fully saturated rings. The van der Waals surface area contributed by atoms with E-state index in [1.54, 1.807) is 14.2 Å². The van der Waals surface area contributed by atoms with Crippen LogP contribution in [-0.2, 0) is 4.74 Å². The molecule has 0 unspecified atom stereocenters. The lowest BCUT2D eigenvalue weighted by molar-refractivity contribution is 0.211. The zero-order valence-electron chi connectivity index (χ0n) is 13.5. The van der Waals surface area contributed by atoms with Crippen LogP contribution in [0.4, 0.5) is 5.69 Å². The number of benzene rings is 2. The van der Waals surface area contributed by atoms with Gasteiger partial charge in [-0.25, -0.2) is 0 Å².